The van der Waals surface area contributed by atoms with Crippen molar-refractivity contribution in [3.8, 4) is 11.1 Å². The molecule has 1 aliphatic rings. The van der Waals surface area contributed by atoms with Crippen LogP contribution in [0, 0.1) is 5.41 Å². The first-order valence-corrected chi connectivity index (χ1v) is 10.3. The van der Waals surface area contributed by atoms with E-state index in [9.17, 15) is 13.6 Å². The number of H-pyrrole nitrogens is 1. The Morgan fingerprint density at radius 2 is 2.03 bits per heavy atom. The van der Waals surface area contributed by atoms with Crippen LogP contribution in [0.3, 0.4) is 0 Å². The van der Waals surface area contributed by atoms with Gasteiger partial charge in [-0.1, -0.05) is 24.3 Å². The summed E-state index contributed by atoms with van der Waals surface area (Å²) in [5.41, 5.74) is 0.880. The molecule has 2 aromatic heterocycles. The fourth-order valence-corrected chi connectivity index (χ4v) is 3.93. The summed E-state index contributed by atoms with van der Waals surface area (Å²) in [4.78, 5) is 19.2. The summed E-state index contributed by atoms with van der Waals surface area (Å²) in [5.74, 6) is -2.90. The highest BCUT2D eigenvalue weighted by Gasteiger charge is 2.35. The number of rotatable bonds is 6. The molecule has 0 radical (unpaired) electrons. The Bertz CT molecular complexity index is 1180. The SMILES string of the molecule is Cn1cc(-c2ccccc2C(F)c2nc(NC3CCC(F)(F)CC3)c(C=N)c(=O)[nH]2)cn1. The molecule has 3 aromatic rings. The summed E-state index contributed by atoms with van der Waals surface area (Å²) < 4.78 is 44.2. The molecule has 7 nitrogen and oxygen atoms in total. The average Bonchev–Trinajstić information content (AvgIpc) is 3.20. The van der Waals surface area contributed by atoms with Gasteiger partial charge in [-0.15, -0.1) is 0 Å². The monoisotopic (exact) mass is 444 g/mol. The maximum atomic E-state index is 15.7. The molecule has 32 heavy (non-hydrogen) atoms. The molecule has 0 spiro atoms. The maximum Gasteiger partial charge on any atom is 0.261 e. The molecule has 3 N–H and O–H groups in total. The fraction of sp³-hybridized carbons (Fsp3) is 0.364. The largest absolute Gasteiger partial charge is 0.367 e. The number of aryl methyl sites for hydroxylation is 1. The van der Waals surface area contributed by atoms with Crippen LogP contribution < -0.4 is 10.9 Å². The zero-order chi connectivity index (χ0) is 22.9. The van der Waals surface area contributed by atoms with Crippen molar-refractivity contribution < 1.29 is 13.2 Å². The van der Waals surface area contributed by atoms with Crippen molar-refractivity contribution in [2.75, 3.05) is 5.32 Å². The molecule has 4 rings (SSSR count). The predicted molar refractivity (Wildman–Crippen MR) is 115 cm³/mol. The lowest BCUT2D eigenvalue weighted by Gasteiger charge is -2.29. The van der Waals surface area contributed by atoms with Gasteiger partial charge in [0.05, 0.1) is 11.8 Å². The molecule has 0 amide bonds. The fourth-order valence-electron chi connectivity index (χ4n) is 3.93. The van der Waals surface area contributed by atoms with Gasteiger partial charge in [-0.2, -0.15) is 5.10 Å². The second-order valence-corrected chi connectivity index (χ2v) is 7.98. The second kappa shape index (κ2) is 8.60. The highest BCUT2D eigenvalue weighted by atomic mass is 19.3. The molecule has 0 bridgehead atoms. The van der Waals surface area contributed by atoms with E-state index < -0.39 is 17.7 Å². The van der Waals surface area contributed by atoms with Gasteiger partial charge in [0.15, 0.2) is 12.0 Å². The van der Waals surface area contributed by atoms with Crippen molar-refractivity contribution >= 4 is 12.0 Å². The summed E-state index contributed by atoms with van der Waals surface area (Å²) in [5, 5.41) is 14.7. The van der Waals surface area contributed by atoms with Crippen molar-refractivity contribution in [1.82, 2.24) is 19.7 Å². The van der Waals surface area contributed by atoms with Crippen molar-refractivity contribution in [2.45, 2.75) is 43.8 Å². The summed E-state index contributed by atoms with van der Waals surface area (Å²) >= 11 is 0. The standard InChI is InChI=1S/C22H23F3N6O/c1-31-12-13(11-27-31)15-4-2-3-5-16(15)18(23)20-29-19(17(10-26)21(32)30-20)28-14-6-8-22(24,25)9-7-14/h2-5,10-12,14,18,26H,6-9H2,1H3,(H2,28,29,30,32). The highest BCUT2D eigenvalue weighted by Crippen LogP contribution is 2.35. The van der Waals surface area contributed by atoms with Gasteiger partial charge in [-0.25, -0.2) is 18.2 Å². The normalized spacial score (nSPS) is 17.1. The van der Waals surface area contributed by atoms with Gasteiger partial charge in [-0.3, -0.25) is 9.48 Å². The van der Waals surface area contributed by atoms with Crippen molar-refractivity contribution in [1.29, 1.82) is 5.41 Å². The molecule has 1 saturated carbocycles. The lowest BCUT2D eigenvalue weighted by Crippen LogP contribution is -2.33. The van der Waals surface area contributed by atoms with Crippen LogP contribution >= 0.6 is 0 Å². The Morgan fingerprint density at radius 3 is 2.69 bits per heavy atom. The Balaban J connectivity index is 1.68. The highest BCUT2D eigenvalue weighted by molar-refractivity contribution is 5.83. The van der Waals surface area contributed by atoms with E-state index in [1.807, 2.05) is 0 Å². The van der Waals surface area contributed by atoms with E-state index in [-0.39, 0.29) is 48.9 Å². The van der Waals surface area contributed by atoms with Crippen molar-refractivity contribution in [3.63, 3.8) is 0 Å². The van der Waals surface area contributed by atoms with Gasteiger partial charge in [0, 0.05) is 49.5 Å². The van der Waals surface area contributed by atoms with E-state index in [0.717, 1.165) is 6.21 Å². The minimum atomic E-state index is -2.70. The summed E-state index contributed by atoms with van der Waals surface area (Å²) in [6, 6.07) is 6.49. The third-order valence-electron chi connectivity index (χ3n) is 5.67. The minimum absolute atomic E-state index is 0.0236. The number of halogens is 3. The lowest BCUT2D eigenvalue weighted by atomic mass is 9.92. The first kappa shape index (κ1) is 21.8. The first-order valence-electron chi connectivity index (χ1n) is 10.3. The summed E-state index contributed by atoms with van der Waals surface area (Å²) in [6.07, 6.45) is 2.28. The van der Waals surface area contributed by atoms with Gasteiger partial charge in [0.25, 0.3) is 5.56 Å². The molecule has 1 unspecified atom stereocenters. The van der Waals surface area contributed by atoms with Crippen LogP contribution in [-0.2, 0) is 7.05 Å². The van der Waals surface area contributed by atoms with E-state index in [1.54, 1.807) is 48.4 Å². The Labute approximate surface area is 182 Å². The van der Waals surface area contributed by atoms with Gasteiger partial charge in [0.2, 0.25) is 5.92 Å². The van der Waals surface area contributed by atoms with Crippen molar-refractivity contribution in [3.05, 3.63) is 64.0 Å². The van der Waals surface area contributed by atoms with Gasteiger partial charge in [-0.05, 0) is 18.4 Å². The number of aromatic amines is 1. The lowest BCUT2D eigenvalue weighted by molar-refractivity contribution is -0.0361. The molecule has 2 heterocycles. The molecule has 168 valence electrons. The van der Waals surface area contributed by atoms with E-state index in [4.69, 9.17) is 5.41 Å². The zero-order valence-electron chi connectivity index (χ0n) is 17.4. The molecular weight excluding hydrogens is 421 g/mol. The molecule has 1 aliphatic carbocycles. The predicted octanol–water partition coefficient (Wildman–Crippen LogP) is 4.22. The zero-order valence-corrected chi connectivity index (χ0v) is 17.4. The van der Waals surface area contributed by atoms with Crippen LogP contribution in [0.4, 0.5) is 19.0 Å². The number of hydrogen-bond donors (Lipinski definition) is 3. The molecule has 1 fully saturated rings. The topological polar surface area (TPSA) is 99.5 Å². The number of nitrogens with zero attached hydrogens (tertiary/aromatic N) is 3. The molecule has 10 heteroatoms. The number of anilines is 1. The van der Waals surface area contributed by atoms with E-state index in [1.165, 1.54) is 0 Å². The third-order valence-corrected chi connectivity index (χ3v) is 5.67. The van der Waals surface area contributed by atoms with Crippen LogP contribution in [0.15, 0.2) is 41.5 Å². The van der Waals surface area contributed by atoms with E-state index in [2.05, 4.69) is 20.4 Å². The molecule has 0 aliphatic heterocycles. The van der Waals surface area contributed by atoms with Gasteiger partial charge >= 0.3 is 0 Å². The summed E-state index contributed by atoms with van der Waals surface area (Å²) in [6.45, 7) is 0. The van der Waals surface area contributed by atoms with Gasteiger partial charge < -0.3 is 15.7 Å². The third kappa shape index (κ3) is 4.44. The molecule has 0 saturated heterocycles. The van der Waals surface area contributed by atoms with E-state index in [0.29, 0.717) is 16.7 Å². The van der Waals surface area contributed by atoms with Crippen LogP contribution in [0.1, 0.15) is 48.8 Å². The van der Waals surface area contributed by atoms with Crippen molar-refractivity contribution in [2.24, 2.45) is 7.05 Å². The quantitative estimate of drug-likeness (QED) is 0.496. The number of nitrogens with one attached hydrogen (secondary N) is 3. The van der Waals surface area contributed by atoms with Crippen LogP contribution in [-0.4, -0.2) is 37.9 Å². The smallest absolute Gasteiger partial charge is 0.261 e. The second-order valence-electron chi connectivity index (χ2n) is 7.98. The van der Waals surface area contributed by atoms with Crippen LogP contribution in [0.2, 0.25) is 0 Å². The average molecular weight is 444 g/mol. The number of benzene rings is 1. The summed E-state index contributed by atoms with van der Waals surface area (Å²) in [7, 11) is 1.76. The van der Waals surface area contributed by atoms with Gasteiger partial charge in [0.1, 0.15) is 5.82 Å². The Hall–Kier alpha value is -3.43. The Kier molecular flexibility index (Phi) is 5.86. The molecular formula is C22H23F3N6O. The van der Waals surface area contributed by atoms with Crippen LogP contribution in [0.25, 0.3) is 11.1 Å². The molecule has 1 aromatic carbocycles. The first-order chi connectivity index (χ1) is 15.3. The van der Waals surface area contributed by atoms with Crippen LogP contribution in [0.5, 0.6) is 0 Å². The number of alkyl halides is 3. The van der Waals surface area contributed by atoms with E-state index >= 15 is 4.39 Å². The Morgan fingerprint density at radius 1 is 1.31 bits per heavy atom. The minimum Gasteiger partial charge on any atom is -0.367 e. The molecule has 1 atom stereocenters. The maximum absolute atomic E-state index is 15.7. The number of aromatic nitrogens is 4. The number of hydrogen-bond acceptors (Lipinski definition) is 5.